The molecule has 1 fully saturated rings. The van der Waals surface area contributed by atoms with Crippen molar-refractivity contribution in [2.45, 2.75) is 62.6 Å². The van der Waals surface area contributed by atoms with Crippen molar-refractivity contribution in [2.75, 3.05) is 20.8 Å². The minimum atomic E-state index is -1.82. The Bertz CT molecular complexity index is 1460. The van der Waals surface area contributed by atoms with Crippen molar-refractivity contribution < 1.29 is 54.4 Å². The number of aromatic hydroxyl groups is 1. The van der Waals surface area contributed by atoms with Crippen LogP contribution in [0.25, 0.3) is 0 Å². The van der Waals surface area contributed by atoms with Crippen LogP contribution in [0.15, 0.2) is 17.1 Å². The van der Waals surface area contributed by atoms with E-state index in [0.717, 1.165) is 0 Å². The third kappa shape index (κ3) is 4.65. The summed E-state index contributed by atoms with van der Waals surface area (Å²) in [6.45, 7) is -1.40. The van der Waals surface area contributed by atoms with Crippen molar-refractivity contribution in [1.29, 1.82) is 0 Å². The van der Waals surface area contributed by atoms with Crippen molar-refractivity contribution in [3.8, 4) is 17.2 Å². The van der Waals surface area contributed by atoms with E-state index in [9.17, 15) is 40.2 Å². The molecule has 0 amide bonds. The van der Waals surface area contributed by atoms with Crippen molar-refractivity contribution in [3.05, 3.63) is 51.1 Å². The van der Waals surface area contributed by atoms with E-state index in [2.05, 4.69) is 10.3 Å². The standard InChI is InChI=1S/C28H33N3O11/c1-30-28(29)31-13-5-3-4-10-6-11-19(23(36)17(10)13)24(37)20-15(7-14(40-2)12(8-32)18(20)21(11)34)41-27-26(39)25(38)22(35)16(9-33)42-27/h6-7,13,16,22,25-27,32-33,35-36,38-39H,3-5,8-9H2,1-2H3,(H3,29,30,31)/t13-,16-,22-,25+,26-,27-/m1/s1. The Morgan fingerprint density at radius 2 is 1.81 bits per heavy atom. The van der Waals surface area contributed by atoms with E-state index >= 15 is 0 Å². The normalized spacial score (nSPS) is 27.2. The molecule has 0 radical (unpaired) electrons. The van der Waals surface area contributed by atoms with Gasteiger partial charge in [-0.15, -0.1) is 0 Å². The van der Waals surface area contributed by atoms with E-state index in [1.165, 1.54) is 20.2 Å². The lowest BCUT2D eigenvalue weighted by Gasteiger charge is -2.40. The number of methoxy groups -OCH3 is 1. The Morgan fingerprint density at radius 3 is 2.45 bits per heavy atom. The Hall–Kier alpha value is -3.79. The average molecular weight is 588 g/mol. The monoisotopic (exact) mass is 587 g/mol. The number of hydrogen-bond acceptors (Lipinski definition) is 12. The maximum atomic E-state index is 14.2. The number of ketones is 2. The lowest BCUT2D eigenvalue weighted by molar-refractivity contribution is -0.277. The molecule has 2 aromatic carbocycles. The molecule has 6 atom stereocenters. The van der Waals surface area contributed by atoms with Gasteiger partial charge in [0.25, 0.3) is 0 Å². The highest BCUT2D eigenvalue weighted by Gasteiger charge is 2.46. The first-order chi connectivity index (χ1) is 20.1. The first-order valence-corrected chi connectivity index (χ1v) is 13.4. The van der Waals surface area contributed by atoms with Gasteiger partial charge in [0, 0.05) is 35.4 Å². The number of aliphatic hydroxyl groups is 5. The maximum absolute atomic E-state index is 14.2. The molecule has 226 valence electrons. The fourth-order valence-corrected chi connectivity index (χ4v) is 5.90. The predicted molar refractivity (Wildman–Crippen MR) is 145 cm³/mol. The van der Waals surface area contributed by atoms with Gasteiger partial charge in [0.1, 0.15) is 41.7 Å². The summed E-state index contributed by atoms with van der Waals surface area (Å²) in [6, 6.07) is 2.28. The molecule has 9 N–H and O–H groups in total. The lowest BCUT2D eigenvalue weighted by Crippen LogP contribution is -2.60. The number of nitrogens with one attached hydrogen (secondary N) is 1. The topological polar surface area (TPSA) is 234 Å². The number of hydrogen-bond donors (Lipinski definition) is 8. The molecule has 0 aromatic heterocycles. The third-order valence-electron chi connectivity index (χ3n) is 8.03. The van der Waals surface area contributed by atoms with Crippen LogP contribution < -0.4 is 20.5 Å². The number of guanidine groups is 1. The summed E-state index contributed by atoms with van der Waals surface area (Å²) in [6.07, 6.45) is -6.43. The number of aryl methyl sites for hydroxylation is 1. The van der Waals surface area contributed by atoms with Gasteiger partial charge >= 0.3 is 0 Å². The summed E-state index contributed by atoms with van der Waals surface area (Å²) in [5.74, 6) is -2.09. The number of rotatable bonds is 6. The van der Waals surface area contributed by atoms with Crippen molar-refractivity contribution in [1.82, 2.24) is 5.32 Å². The molecule has 0 unspecified atom stereocenters. The molecule has 2 aliphatic carbocycles. The van der Waals surface area contributed by atoms with Gasteiger partial charge in [0.2, 0.25) is 12.1 Å². The average Bonchev–Trinajstić information content (AvgIpc) is 2.99. The van der Waals surface area contributed by atoms with Crippen LogP contribution in [0.4, 0.5) is 0 Å². The van der Waals surface area contributed by atoms with Crippen LogP contribution in [-0.2, 0) is 17.8 Å². The quantitative estimate of drug-likeness (QED) is 0.125. The number of phenolic OH excluding ortho intramolecular Hbond substituents is 1. The van der Waals surface area contributed by atoms with E-state index in [4.69, 9.17) is 19.9 Å². The van der Waals surface area contributed by atoms with Crippen LogP contribution in [0, 0.1) is 0 Å². The molecule has 0 saturated carbocycles. The molecule has 1 aliphatic heterocycles. The third-order valence-corrected chi connectivity index (χ3v) is 8.03. The second-order valence-corrected chi connectivity index (χ2v) is 10.4. The van der Waals surface area contributed by atoms with Gasteiger partial charge in [-0.3, -0.25) is 14.6 Å². The molecule has 1 heterocycles. The van der Waals surface area contributed by atoms with Gasteiger partial charge in [-0.05, 0) is 30.9 Å². The highest BCUT2D eigenvalue weighted by molar-refractivity contribution is 6.31. The number of carbonyl (C=O) groups excluding carboxylic acids is 2. The SMILES string of the molecule is CN=C(N)N[C@@H]1CCCc2cc3c(c(O)c21)C(=O)c1c(O[C@@H]2O[C@H](CO)[C@@H](O)[C@H](O)[C@H]2O)cc(OC)c(CO)c1C3=O. The molecule has 14 heteroatoms. The molecule has 42 heavy (non-hydrogen) atoms. The summed E-state index contributed by atoms with van der Waals surface area (Å²) in [4.78, 5) is 32.1. The molecule has 0 bridgehead atoms. The zero-order chi connectivity index (χ0) is 30.5. The summed E-state index contributed by atoms with van der Waals surface area (Å²) in [5.41, 5.74) is 6.04. The van der Waals surface area contributed by atoms with Crippen LogP contribution in [-0.4, -0.2) is 99.6 Å². The van der Waals surface area contributed by atoms with Crippen molar-refractivity contribution >= 4 is 17.5 Å². The van der Waals surface area contributed by atoms with Gasteiger partial charge in [-0.25, -0.2) is 0 Å². The molecule has 0 spiro atoms. The number of benzene rings is 2. The molecule has 2 aromatic rings. The van der Waals surface area contributed by atoms with Gasteiger partial charge in [0.15, 0.2) is 11.7 Å². The fraction of sp³-hybridized carbons (Fsp3) is 0.464. The highest BCUT2D eigenvalue weighted by atomic mass is 16.7. The summed E-state index contributed by atoms with van der Waals surface area (Å²) in [5, 5.41) is 65.2. The fourth-order valence-electron chi connectivity index (χ4n) is 5.90. The number of aliphatic hydroxyl groups excluding tert-OH is 5. The maximum Gasteiger partial charge on any atom is 0.229 e. The van der Waals surface area contributed by atoms with Gasteiger partial charge in [0.05, 0.1) is 37.5 Å². The second kappa shape index (κ2) is 11.5. The van der Waals surface area contributed by atoms with Crippen LogP contribution >= 0.6 is 0 Å². The molecular formula is C28H33N3O11. The van der Waals surface area contributed by atoms with Crippen LogP contribution in [0.2, 0.25) is 0 Å². The Labute approximate surface area is 240 Å². The molecule has 3 aliphatic rings. The number of carbonyl (C=O) groups is 2. The number of phenols is 1. The number of aliphatic imine (C=N–C) groups is 1. The van der Waals surface area contributed by atoms with E-state index in [1.54, 1.807) is 6.07 Å². The Balaban J connectivity index is 1.67. The van der Waals surface area contributed by atoms with Gasteiger partial charge < -0.3 is 55.9 Å². The number of ether oxygens (including phenoxy) is 3. The summed E-state index contributed by atoms with van der Waals surface area (Å²) < 4.78 is 16.6. The van der Waals surface area contributed by atoms with E-state index in [-0.39, 0.29) is 45.3 Å². The highest BCUT2D eigenvalue weighted by Crippen LogP contribution is 2.47. The van der Waals surface area contributed by atoms with Crippen molar-refractivity contribution in [2.24, 2.45) is 10.7 Å². The predicted octanol–water partition coefficient (Wildman–Crippen LogP) is -1.24. The zero-order valence-corrected chi connectivity index (χ0v) is 22.9. The second-order valence-electron chi connectivity index (χ2n) is 10.4. The first kappa shape index (κ1) is 29.7. The number of fused-ring (bicyclic) bond motifs is 3. The minimum Gasteiger partial charge on any atom is -0.507 e. The summed E-state index contributed by atoms with van der Waals surface area (Å²) in [7, 11) is 2.78. The smallest absolute Gasteiger partial charge is 0.229 e. The lowest BCUT2D eigenvalue weighted by atomic mass is 9.76. The van der Waals surface area contributed by atoms with E-state index in [1.807, 2.05) is 0 Å². The van der Waals surface area contributed by atoms with Gasteiger partial charge in [-0.2, -0.15) is 0 Å². The Morgan fingerprint density at radius 1 is 1.07 bits per heavy atom. The van der Waals surface area contributed by atoms with E-state index in [0.29, 0.717) is 30.4 Å². The molecule has 1 saturated heterocycles. The van der Waals surface area contributed by atoms with E-state index < -0.39 is 67.3 Å². The number of nitrogens with zero attached hydrogens (tertiary/aromatic N) is 1. The van der Waals surface area contributed by atoms with Crippen LogP contribution in [0.5, 0.6) is 17.2 Å². The van der Waals surface area contributed by atoms with Crippen molar-refractivity contribution in [3.63, 3.8) is 0 Å². The van der Waals surface area contributed by atoms with Crippen LogP contribution in [0.3, 0.4) is 0 Å². The Kier molecular flexibility index (Phi) is 8.11. The molecule has 5 rings (SSSR count). The zero-order valence-electron chi connectivity index (χ0n) is 22.9. The van der Waals surface area contributed by atoms with Crippen LogP contribution in [0.1, 0.15) is 67.4 Å². The largest absolute Gasteiger partial charge is 0.507 e. The van der Waals surface area contributed by atoms with Gasteiger partial charge in [-0.1, -0.05) is 0 Å². The molecule has 14 nitrogen and oxygen atoms in total. The summed E-state index contributed by atoms with van der Waals surface area (Å²) >= 11 is 0. The number of nitrogens with two attached hydrogens (primary N) is 1. The molecular weight excluding hydrogens is 554 g/mol. The first-order valence-electron chi connectivity index (χ1n) is 13.4. The minimum absolute atomic E-state index is 0.00124.